The highest BCUT2D eigenvalue weighted by atomic mass is 79.9. The van der Waals surface area contributed by atoms with Crippen LogP contribution in [0.1, 0.15) is 11.9 Å². The Morgan fingerprint density at radius 1 is 1.47 bits per heavy atom. The molecule has 19 heavy (non-hydrogen) atoms. The zero-order valence-electron chi connectivity index (χ0n) is 9.90. The second-order valence-corrected chi connectivity index (χ2v) is 6.17. The zero-order valence-corrected chi connectivity index (χ0v) is 12.3. The van der Waals surface area contributed by atoms with Crippen LogP contribution in [-0.4, -0.2) is 28.2 Å². The third-order valence-electron chi connectivity index (χ3n) is 2.83. The van der Waals surface area contributed by atoms with Gasteiger partial charge in [0, 0.05) is 28.1 Å². The van der Waals surface area contributed by atoms with E-state index in [2.05, 4.69) is 31.4 Å². The summed E-state index contributed by atoms with van der Waals surface area (Å²) < 4.78 is 19.0. The van der Waals surface area contributed by atoms with Gasteiger partial charge < -0.3 is 9.84 Å². The van der Waals surface area contributed by atoms with E-state index in [-0.39, 0.29) is 11.9 Å². The molecule has 7 heteroatoms. The Balaban J connectivity index is 1.87. The van der Waals surface area contributed by atoms with Crippen molar-refractivity contribution in [3.63, 3.8) is 0 Å². The van der Waals surface area contributed by atoms with Crippen molar-refractivity contribution >= 4 is 27.7 Å². The maximum Gasteiger partial charge on any atom is 0.244 e. The van der Waals surface area contributed by atoms with Gasteiger partial charge in [0.25, 0.3) is 0 Å². The number of hydrogen-bond donors (Lipinski definition) is 1. The molecule has 1 atom stereocenters. The molecule has 100 valence electrons. The summed E-state index contributed by atoms with van der Waals surface area (Å²) in [5, 5.41) is 7.30. The van der Waals surface area contributed by atoms with Crippen LogP contribution in [-0.2, 0) is 0 Å². The van der Waals surface area contributed by atoms with Crippen LogP contribution in [0, 0.1) is 5.82 Å². The zero-order chi connectivity index (χ0) is 13.2. The van der Waals surface area contributed by atoms with Crippen LogP contribution in [0.3, 0.4) is 0 Å². The van der Waals surface area contributed by atoms with Crippen molar-refractivity contribution in [1.82, 2.24) is 15.5 Å². The quantitative estimate of drug-likeness (QED) is 0.908. The summed E-state index contributed by atoms with van der Waals surface area (Å²) in [5.41, 5.74) is 0.722. The normalized spacial score (nSPS) is 19.6. The molecule has 1 aliphatic rings. The average Bonchev–Trinajstić information content (AvgIpc) is 2.89. The molecule has 0 amide bonds. The maximum absolute atomic E-state index is 13.1. The molecule has 1 aromatic heterocycles. The standard InChI is InChI=1S/C12H11BrFN3OS/c13-9-5-7(14)1-2-8(9)11-16-12(18-17-11)10-6-19-4-3-15-10/h1-2,5,10,15H,3-4,6H2. The van der Waals surface area contributed by atoms with E-state index in [0.717, 1.165) is 23.6 Å². The minimum Gasteiger partial charge on any atom is -0.337 e. The molecule has 3 rings (SSSR count). The van der Waals surface area contributed by atoms with Crippen LogP contribution in [0.5, 0.6) is 0 Å². The Morgan fingerprint density at radius 2 is 2.37 bits per heavy atom. The van der Waals surface area contributed by atoms with E-state index in [1.165, 1.54) is 12.1 Å². The lowest BCUT2D eigenvalue weighted by molar-refractivity contribution is 0.342. The molecule has 0 radical (unpaired) electrons. The first kappa shape index (κ1) is 13.1. The molecule has 1 unspecified atom stereocenters. The predicted molar refractivity (Wildman–Crippen MR) is 75.5 cm³/mol. The van der Waals surface area contributed by atoms with Crippen LogP contribution < -0.4 is 5.32 Å². The van der Waals surface area contributed by atoms with Crippen LogP contribution >= 0.6 is 27.7 Å². The van der Waals surface area contributed by atoms with Crippen LogP contribution in [0.25, 0.3) is 11.4 Å². The monoisotopic (exact) mass is 343 g/mol. The summed E-state index contributed by atoms with van der Waals surface area (Å²) in [6.45, 7) is 0.938. The first-order valence-electron chi connectivity index (χ1n) is 5.84. The van der Waals surface area contributed by atoms with Crippen molar-refractivity contribution in [1.29, 1.82) is 0 Å². The summed E-state index contributed by atoms with van der Waals surface area (Å²) in [7, 11) is 0. The minimum absolute atomic E-state index is 0.0965. The third-order valence-corrected chi connectivity index (χ3v) is 4.55. The van der Waals surface area contributed by atoms with Gasteiger partial charge in [-0.15, -0.1) is 0 Å². The molecule has 4 nitrogen and oxygen atoms in total. The second-order valence-electron chi connectivity index (χ2n) is 4.16. The van der Waals surface area contributed by atoms with Crippen molar-refractivity contribution < 1.29 is 8.91 Å². The van der Waals surface area contributed by atoms with E-state index in [0.29, 0.717) is 16.2 Å². The first-order valence-corrected chi connectivity index (χ1v) is 7.79. The fourth-order valence-electron chi connectivity index (χ4n) is 1.88. The van der Waals surface area contributed by atoms with Crippen molar-refractivity contribution in [2.24, 2.45) is 0 Å². The number of thioether (sulfide) groups is 1. The summed E-state index contributed by atoms with van der Waals surface area (Å²) >= 11 is 5.17. The number of nitrogens with one attached hydrogen (secondary N) is 1. The molecule has 0 aliphatic carbocycles. The number of hydrogen-bond acceptors (Lipinski definition) is 5. The molecule has 1 aromatic carbocycles. The average molecular weight is 344 g/mol. The summed E-state index contributed by atoms with van der Waals surface area (Å²) in [5.74, 6) is 2.77. The van der Waals surface area contributed by atoms with Gasteiger partial charge in [0.15, 0.2) is 0 Å². The molecule has 0 bridgehead atoms. The molecule has 1 N–H and O–H groups in total. The molecular weight excluding hydrogens is 333 g/mol. The lowest BCUT2D eigenvalue weighted by Gasteiger charge is -2.19. The summed E-state index contributed by atoms with van der Waals surface area (Å²) in [6, 6.07) is 4.50. The van der Waals surface area contributed by atoms with E-state index in [1.54, 1.807) is 6.07 Å². The van der Waals surface area contributed by atoms with Crippen molar-refractivity contribution in [2.75, 3.05) is 18.1 Å². The SMILES string of the molecule is Fc1ccc(-c2noc(C3CSCCN3)n2)c(Br)c1. The fourth-order valence-corrected chi connectivity index (χ4v) is 3.33. The second kappa shape index (κ2) is 5.60. The highest BCUT2D eigenvalue weighted by Gasteiger charge is 2.22. The Morgan fingerprint density at radius 3 is 3.11 bits per heavy atom. The maximum atomic E-state index is 13.1. The number of aromatic nitrogens is 2. The molecule has 2 heterocycles. The van der Waals surface area contributed by atoms with Gasteiger partial charge in [0.05, 0.1) is 6.04 Å². The van der Waals surface area contributed by atoms with Gasteiger partial charge in [0.1, 0.15) is 5.82 Å². The third kappa shape index (κ3) is 2.82. The Bertz CT molecular complexity index is 586. The van der Waals surface area contributed by atoms with Crippen molar-refractivity contribution in [2.45, 2.75) is 6.04 Å². The highest BCUT2D eigenvalue weighted by molar-refractivity contribution is 9.10. The van der Waals surface area contributed by atoms with Gasteiger partial charge in [-0.25, -0.2) is 4.39 Å². The molecule has 0 saturated carbocycles. The molecule has 1 saturated heterocycles. The van der Waals surface area contributed by atoms with Gasteiger partial charge in [-0.2, -0.15) is 16.7 Å². The molecule has 0 spiro atoms. The lowest BCUT2D eigenvalue weighted by Crippen LogP contribution is -2.30. The number of halogens is 2. The topological polar surface area (TPSA) is 51.0 Å². The Labute approximate surface area is 122 Å². The summed E-state index contributed by atoms with van der Waals surface area (Å²) in [4.78, 5) is 4.39. The van der Waals surface area contributed by atoms with Gasteiger partial charge in [-0.05, 0) is 34.1 Å². The number of rotatable bonds is 2. The van der Waals surface area contributed by atoms with Crippen molar-refractivity contribution in [3.8, 4) is 11.4 Å². The van der Waals surface area contributed by atoms with E-state index >= 15 is 0 Å². The van der Waals surface area contributed by atoms with Crippen LogP contribution in [0.15, 0.2) is 27.2 Å². The van der Waals surface area contributed by atoms with E-state index < -0.39 is 0 Å². The molecule has 2 aromatic rings. The number of nitrogens with zero attached hydrogens (tertiary/aromatic N) is 2. The van der Waals surface area contributed by atoms with Gasteiger partial charge in [-0.1, -0.05) is 5.16 Å². The molecule has 1 aliphatic heterocycles. The van der Waals surface area contributed by atoms with E-state index in [1.807, 2.05) is 11.8 Å². The summed E-state index contributed by atoms with van der Waals surface area (Å²) in [6.07, 6.45) is 0. The molecular formula is C12H11BrFN3OS. The number of benzene rings is 1. The minimum atomic E-state index is -0.301. The largest absolute Gasteiger partial charge is 0.337 e. The van der Waals surface area contributed by atoms with Crippen LogP contribution in [0.4, 0.5) is 4.39 Å². The van der Waals surface area contributed by atoms with E-state index in [4.69, 9.17) is 4.52 Å². The Kier molecular flexibility index (Phi) is 3.86. The fraction of sp³-hybridized carbons (Fsp3) is 0.333. The van der Waals surface area contributed by atoms with E-state index in [9.17, 15) is 4.39 Å². The Hall–Kier alpha value is -0.920. The smallest absolute Gasteiger partial charge is 0.244 e. The van der Waals surface area contributed by atoms with Crippen LogP contribution in [0.2, 0.25) is 0 Å². The van der Waals surface area contributed by atoms with Crippen molar-refractivity contribution in [3.05, 3.63) is 34.4 Å². The van der Waals surface area contributed by atoms with Gasteiger partial charge in [0.2, 0.25) is 11.7 Å². The lowest BCUT2D eigenvalue weighted by atomic mass is 10.2. The molecule has 1 fully saturated rings. The van der Waals surface area contributed by atoms with Gasteiger partial charge in [-0.3, -0.25) is 0 Å². The first-order chi connectivity index (χ1) is 9.24. The predicted octanol–water partition coefficient (Wildman–Crippen LogP) is 3.02. The van der Waals surface area contributed by atoms with Gasteiger partial charge >= 0.3 is 0 Å². The highest BCUT2D eigenvalue weighted by Crippen LogP contribution is 2.28.